The number of hydrogen-bond acceptors (Lipinski definition) is 6. The Labute approximate surface area is 159 Å². The molecule has 0 atom stereocenters. The van der Waals surface area contributed by atoms with E-state index in [-0.39, 0.29) is 12.6 Å². The molecule has 1 aromatic heterocycles. The molecule has 3 rings (SSSR count). The zero-order valence-corrected chi connectivity index (χ0v) is 15.4. The van der Waals surface area contributed by atoms with E-state index in [1.807, 2.05) is 48.2 Å². The molecule has 6 heteroatoms. The zero-order chi connectivity index (χ0) is 19.1. The maximum atomic E-state index is 9.29. The van der Waals surface area contributed by atoms with Crippen LogP contribution in [-0.4, -0.2) is 34.8 Å². The van der Waals surface area contributed by atoms with E-state index in [4.69, 9.17) is 5.73 Å². The van der Waals surface area contributed by atoms with E-state index in [0.29, 0.717) is 30.4 Å². The number of rotatable bonds is 8. The Morgan fingerprint density at radius 1 is 1.00 bits per heavy atom. The predicted octanol–water partition coefficient (Wildman–Crippen LogP) is 3.08. The molecule has 0 radical (unpaired) electrons. The van der Waals surface area contributed by atoms with Crippen LogP contribution in [0.15, 0.2) is 67.0 Å². The van der Waals surface area contributed by atoms with Gasteiger partial charge in [-0.25, -0.2) is 9.97 Å². The molecule has 0 unspecified atom stereocenters. The highest BCUT2D eigenvalue weighted by Gasteiger charge is 2.19. The summed E-state index contributed by atoms with van der Waals surface area (Å²) in [6, 6.07) is 20.3. The third-order valence-corrected chi connectivity index (χ3v) is 4.46. The second-order valence-electron chi connectivity index (χ2n) is 6.16. The van der Waals surface area contributed by atoms with Gasteiger partial charge in [0.15, 0.2) is 11.6 Å². The fourth-order valence-corrected chi connectivity index (χ4v) is 3.07. The molecular weight excluding hydrogens is 338 g/mol. The molecule has 1 heterocycles. The summed E-state index contributed by atoms with van der Waals surface area (Å²) in [4.78, 5) is 10.6. The Morgan fingerprint density at radius 3 is 2.11 bits per heavy atom. The highest BCUT2D eigenvalue weighted by Crippen LogP contribution is 2.31. The van der Waals surface area contributed by atoms with Crippen LogP contribution in [0, 0.1) is 0 Å². The summed E-state index contributed by atoms with van der Waals surface area (Å²) >= 11 is 0. The first-order valence-electron chi connectivity index (χ1n) is 9.07. The summed E-state index contributed by atoms with van der Waals surface area (Å²) in [5, 5.41) is 12.8. The Balaban J connectivity index is 1.97. The zero-order valence-electron chi connectivity index (χ0n) is 15.4. The molecule has 6 nitrogen and oxygen atoms in total. The number of anilines is 3. The lowest BCUT2D eigenvalue weighted by Gasteiger charge is -2.25. The first-order valence-corrected chi connectivity index (χ1v) is 9.07. The van der Waals surface area contributed by atoms with Crippen LogP contribution in [0.5, 0.6) is 0 Å². The van der Waals surface area contributed by atoms with Gasteiger partial charge in [-0.05, 0) is 18.1 Å². The van der Waals surface area contributed by atoms with Crippen LogP contribution < -0.4 is 16.0 Å². The van der Waals surface area contributed by atoms with Gasteiger partial charge in [0.05, 0.1) is 12.6 Å². The van der Waals surface area contributed by atoms with E-state index in [1.165, 1.54) is 6.33 Å². The molecule has 0 aliphatic rings. The van der Waals surface area contributed by atoms with Gasteiger partial charge in [0.1, 0.15) is 12.0 Å². The van der Waals surface area contributed by atoms with Crippen molar-refractivity contribution in [1.29, 1.82) is 0 Å². The summed E-state index contributed by atoms with van der Waals surface area (Å²) < 4.78 is 0. The Bertz CT molecular complexity index is 802. The van der Waals surface area contributed by atoms with Crippen LogP contribution in [0.4, 0.5) is 17.3 Å². The summed E-state index contributed by atoms with van der Waals surface area (Å²) in [5.74, 6) is 1.21. The van der Waals surface area contributed by atoms with E-state index in [1.54, 1.807) is 0 Å². The van der Waals surface area contributed by atoms with Crippen molar-refractivity contribution in [2.24, 2.45) is 0 Å². The first-order chi connectivity index (χ1) is 13.2. The van der Waals surface area contributed by atoms with Gasteiger partial charge in [0.25, 0.3) is 0 Å². The predicted molar refractivity (Wildman–Crippen MR) is 110 cm³/mol. The fraction of sp³-hybridized carbons (Fsp3) is 0.238. The van der Waals surface area contributed by atoms with Gasteiger partial charge in [-0.2, -0.15) is 0 Å². The largest absolute Gasteiger partial charge is 0.395 e. The lowest BCUT2D eigenvalue weighted by molar-refractivity contribution is 0.302. The lowest BCUT2D eigenvalue weighted by Crippen LogP contribution is -2.28. The molecule has 0 aliphatic carbocycles. The molecule has 0 bridgehead atoms. The van der Waals surface area contributed by atoms with Gasteiger partial charge < -0.3 is 21.1 Å². The van der Waals surface area contributed by atoms with Crippen molar-refractivity contribution in [1.82, 2.24) is 9.97 Å². The molecule has 0 spiro atoms. The second-order valence-corrected chi connectivity index (χ2v) is 6.16. The maximum absolute atomic E-state index is 9.29. The number of likely N-dealkylation sites (N-methyl/N-ethyl adjacent to an activating group) is 1. The van der Waals surface area contributed by atoms with Crippen LogP contribution >= 0.6 is 0 Å². The minimum Gasteiger partial charge on any atom is -0.395 e. The van der Waals surface area contributed by atoms with Crippen molar-refractivity contribution in [2.45, 2.75) is 13.0 Å². The lowest BCUT2D eigenvalue weighted by atomic mass is 9.99. The number of aromatic nitrogens is 2. The van der Waals surface area contributed by atoms with Crippen LogP contribution in [0.25, 0.3) is 0 Å². The Kier molecular flexibility index (Phi) is 6.22. The molecule has 140 valence electrons. The number of aliphatic hydroxyl groups excluding tert-OH is 1. The van der Waals surface area contributed by atoms with Crippen LogP contribution in [0.3, 0.4) is 0 Å². The highest BCUT2D eigenvalue weighted by atomic mass is 16.3. The fourth-order valence-electron chi connectivity index (χ4n) is 3.07. The molecule has 0 saturated heterocycles. The average molecular weight is 363 g/mol. The van der Waals surface area contributed by atoms with Crippen molar-refractivity contribution in [3.05, 3.63) is 78.1 Å². The topological polar surface area (TPSA) is 87.3 Å². The second kappa shape index (κ2) is 9.00. The van der Waals surface area contributed by atoms with Crippen molar-refractivity contribution >= 4 is 17.3 Å². The standard InChI is InChI=1S/C21H25N5O/c1-2-26(13-14-27)21-18(22)20(23-15-24-21)25-19(16-9-5-3-6-10-16)17-11-7-4-8-12-17/h3-12,15,19,27H,2,13-14,22H2,1H3,(H,23,24,25). The molecule has 0 aliphatic heterocycles. The van der Waals surface area contributed by atoms with Gasteiger partial charge in [0, 0.05) is 13.1 Å². The minimum atomic E-state index is -0.0923. The number of nitrogens with zero attached hydrogens (tertiary/aromatic N) is 3. The summed E-state index contributed by atoms with van der Waals surface area (Å²) in [6.45, 7) is 3.21. The van der Waals surface area contributed by atoms with E-state index in [9.17, 15) is 5.11 Å². The minimum absolute atomic E-state index is 0.0384. The van der Waals surface area contributed by atoms with Gasteiger partial charge in [0.2, 0.25) is 0 Å². The highest BCUT2D eigenvalue weighted by molar-refractivity contribution is 5.75. The molecular formula is C21H25N5O. The molecule has 27 heavy (non-hydrogen) atoms. The molecule has 0 amide bonds. The van der Waals surface area contributed by atoms with Crippen LogP contribution in [0.1, 0.15) is 24.1 Å². The number of nitrogens with two attached hydrogens (primary N) is 1. The Morgan fingerprint density at radius 2 is 1.59 bits per heavy atom. The third kappa shape index (κ3) is 4.35. The average Bonchev–Trinajstić information content (AvgIpc) is 2.73. The molecule has 2 aromatic carbocycles. The summed E-state index contributed by atoms with van der Waals surface area (Å²) in [6.07, 6.45) is 1.50. The number of benzene rings is 2. The number of hydrogen-bond donors (Lipinski definition) is 3. The quantitative estimate of drug-likeness (QED) is 0.570. The van der Waals surface area contributed by atoms with E-state index in [2.05, 4.69) is 39.6 Å². The third-order valence-electron chi connectivity index (χ3n) is 4.46. The van der Waals surface area contributed by atoms with Crippen molar-refractivity contribution in [3.8, 4) is 0 Å². The van der Waals surface area contributed by atoms with E-state index in [0.717, 1.165) is 11.1 Å². The van der Waals surface area contributed by atoms with Crippen molar-refractivity contribution in [2.75, 3.05) is 35.6 Å². The van der Waals surface area contributed by atoms with E-state index >= 15 is 0 Å². The van der Waals surface area contributed by atoms with Crippen molar-refractivity contribution in [3.63, 3.8) is 0 Å². The van der Waals surface area contributed by atoms with Crippen LogP contribution in [-0.2, 0) is 0 Å². The van der Waals surface area contributed by atoms with Gasteiger partial charge in [-0.3, -0.25) is 0 Å². The Hall–Kier alpha value is -3.12. The smallest absolute Gasteiger partial charge is 0.157 e. The maximum Gasteiger partial charge on any atom is 0.157 e. The van der Waals surface area contributed by atoms with Crippen molar-refractivity contribution < 1.29 is 5.11 Å². The first kappa shape index (κ1) is 18.7. The molecule has 0 saturated carbocycles. The van der Waals surface area contributed by atoms with Gasteiger partial charge in [-0.15, -0.1) is 0 Å². The SMILES string of the molecule is CCN(CCO)c1ncnc(NC(c2ccccc2)c2ccccc2)c1N. The summed E-state index contributed by atoms with van der Waals surface area (Å²) in [7, 11) is 0. The van der Waals surface area contributed by atoms with E-state index < -0.39 is 0 Å². The molecule has 0 fully saturated rings. The number of aliphatic hydroxyl groups is 1. The summed E-state index contributed by atoms with van der Waals surface area (Å²) in [5.41, 5.74) is 9.09. The number of nitrogen functional groups attached to an aromatic ring is 1. The molecule has 3 aromatic rings. The van der Waals surface area contributed by atoms with Gasteiger partial charge >= 0.3 is 0 Å². The number of nitrogens with one attached hydrogen (secondary N) is 1. The van der Waals surface area contributed by atoms with Crippen LogP contribution in [0.2, 0.25) is 0 Å². The molecule has 4 N–H and O–H groups in total. The monoisotopic (exact) mass is 363 g/mol. The van der Waals surface area contributed by atoms with Gasteiger partial charge in [-0.1, -0.05) is 60.7 Å². The normalized spacial score (nSPS) is 10.8.